The molecule has 1 saturated carbocycles. The first-order valence-electron chi connectivity index (χ1n) is 11.6. The van der Waals surface area contributed by atoms with Gasteiger partial charge >= 0.3 is 5.97 Å². The smallest absolute Gasteiger partial charge is 0.312 e. The molecule has 3 aromatic rings. The molecule has 0 radical (unpaired) electrons. The van der Waals surface area contributed by atoms with Gasteiger partial charge in [-0.25, -0.2) is 0 Å². The molecule has 5 rings (SSSR count). The molecule has 0 spiro atoms. The van der Waals surface area contributed by atoms with Crippen LogP contribution in [0, 0.1) is 5.92 Å². The van der Waals surface area contributed by atoms with Crippen molar-refractivity contribution < 1.29 is 39.1 Å². The average Bonchev–Trinajstić information content (AvgIpc) is 3.30. The molecule has 0 unspecified atom stereocenters. The molecule has 2 aliphatic rings. The molecule has 1 fully saturated rings. The van der Waals surface area contributed by atoms with Crippen LogP contribution in [0.1, 0.15) is 28.2 Å². The van der Waals surface area contributed by atoms with Crippen molar-refractivity contribution in [3.63, 3.8) is 0 Å². The van der Waals surface area contributed by atoms with Gasteiger partial charge in [-0.05, 0) is 41.0 Å². The number of rotatable bonds is 6. The van der Waals surface area contributed by atoms with Gasteiger partial charge in [-0.2, -0.15) is 0 Å². The topological polar surface area (TPSA) is 115 Å². The zero-order valence-electron chi connectivity index (χ0n) is 20.2. The van der Waals surface area contributed by atoms with Gasteiger partial charge in [0.1, 0.15) is 23.4 Å². The van der Waals surface area contributed by atoms with Gasteiger partial charge in [0.15, 0.2) is 11.2 Å². The Morgan fingerprint density at radius 1 is 1.00 bits per heavy atom. The lowest BCUT2D eigenvalue weighted by Crippen LogP contribution is -2.52. The second-order valence-electron chi connectivity index (χ2n) is 9.04. The summed E-state index contributed by atoms with van der Waals surface area (Å²) < 4.78 is 22.7. The van der Waals surface area contributed by atoms with Crippen LogP contribution in [0.4, 0.5) is 0 Å². The van der Waals surface area contributed by atoms with Gasteiger partial charge in [0.2, 0.25) is 0 Å². The maximum absolute atomic E-state index is 13.2. The van der Waals surface area contributed by atoms with Crippen LogP contribution in [0.5, 0.6) is 17.2 Å². The van der Waals surface area contributed by atoms with Crippen molar-refractivity contribution in [1.82, 2.24) is 0 Å². The van der Waals surface area contributed by atoms with Gasteiger partial charge in [0.25, 0.3) is 0 Å². The quantitative estimate of drug-likeness (QED) is 0.450. The first-order valence-corrected chi connectivity index (χ1v) is 11.6. The lowest BCUT2D eigenvalue weighted by atomic mass is 9.70. The number of fused-ring (bicyclic) bond motifs is 3. The fourth-order valence-electron chi connectivity index (χ4n) is 5.95. The van der Waals surface area contributed by atoms with Gasteiger partial charge < -0.3 is 34.3 Å². The van der Waals surface area contributed by atoms with Crippen molar-refractivity contribution >= 4 is 5.97 Å². The molecule has 5 atom stereocenters. The number of aliphatic hydroxyl groups is 3. The average molecular weight is 493 g/mol. The van der Waals surface area contributed by atoms with Crippen molar-refractivity contribution in [1.29, 1.82) is 0 Å². The molecule has 8 heteroatoms. The second kappa shape index (κ2) is 8.81. The normalized spacial score (nSPS) is 28.1. The van der Waals surface area contributed by atoms with Crippen molar-refractivity contribution in [2.45, 2.75) is 29.8 Å². The maximum Gasteiger partial charge on any atom is 0.312 e. The molecule has 0 saturated heterocycles. The summed E-state index contributed by atoms with van der Waals surface area (Å²) in [5.74, 6) is -1.63. The van der Waals surface area contributed by atoms with Crippen LogP contribution in [0.3, 0.4) is 0 Å². The Balaban J connectivity index is 1.88. The zero-order valence-corrected chi connectivity index (χ0v) is 20.2. The van der Waals surface area contributed by atoms with Gasteiger partial charge in [-0.3, -0.25) is 4.79 Å². The molecule has 3 N–H and O–H groups in total. The highest BCUT2D eigenvalue weighted by molar-refractivity contribution is 5.78. The number of methoxy groups -OCH3 is 3. The molecular formula is C28H28O8. The highest BCUT2D eigenvalue weighted by atomic mass is 16.5. The monoisotopic (exact) mass is 492 g/mol. The molecule has 36 heavy (non-hydrogen) atoms. The van der Waals surface area contributed by atoms with Crippen molar-refractivity contribution in [3.8, 4) is 17.2 Å². The number of carbonyl (C=O) groups excluding carboxylic acids is 1. The van der Waals surface area contributed by atoms with Crippen LogP contribution in [0.15, 0.2) is 66.7 Å². The zero-order chi connectivity index (χ0) is 25.7. The fourth-order valence-corrected chi connectivity index (χ4v) is 5.95. The largest absolute Gasteiger partial charge is 0.497 e. The number of hydrogen-bond donors (Lipinski definition) is 3. The Morgan fingerprint density at radius 3 is 2.28 bits per heavy atom. The van der Waals surface area contributed by atoms with Gasteiger partial charge in [0, 0.05) is 5.92 Å². The standard InChI is InChI=1S/C28H28O8/c1-33-19-11-9-18(10-12-19)28-23(17-7-5-4-6-8-17)22(26(31)35-3)25(30)27(28,32)24-20(34-2)13-16(15-29)14-21(24)36-28/h4-14,22-23,25,29-30,32H,15H2,1-3H3/t22-,23-,25-,27+,28+/m1/s1. The molecule has 0 bridgehead atoms. The van der Waals surface area contributed by atoms with Crippen LogP contribution < -0.4 is 14.2 Å². The number of aliphatic hydroxyl groups excluding tert-OH is 2. The number of esters is 1. The lowest BCUT2D eigenvalue weighted by molar-refractivity contribution is -0.161. The SMILES string of the molecule is COC(=O)[C@H]1[C@@H](O)[C@@]2(O)c3c(OC)cc(CO)cc3O[C@@]2(c2ccc(OC)cc2)[C@@H]1c1ccccc1. The highest BCUT2D eigenvalue weighted by Crippen LogP contribution is 2.70. The van der Waals surface area contributed by atoms with Gasteiger partial charge in [-0.1, -0.05) is 42.5 Å². The third kappa shape index (κ3) is 3.08. The molecule has 1 aliphatic carbocycles. The van der Waals surface area contributed by atoms with E-state index in [4.69, 9.17) is 18.9 Å². The minimum atomic E-state index is -2.12. The van der Waals surface area contributed by atoms with E-state index in [1.165, 1.54) is 14.2 Å². The highest BCUT2D eigenvalue weighted by Gasteiger charge is 2.78. The summed E-state index contributed by atoms with van der Waals surface area (Å²) in [7, 11) is 4.23. The Bertz CT molecular complexity index is 1270. The summed E-state index contributed by atoms with van der Waals surface area (Å²) in [6, 6.07) is 19.3. The van der Waals surface area contributed by atoms with Crippen molar-refractivity contribution in [3.05, 3.63) is 89.0 Å². The predicted octanol–water partition coefficient (Wildman–Crippen LogP) is 2.62. The third-order valence-corrected chi connectivity index (χ3v) is 7.46. The number of ether oxygens (including phenoxy) is 4. The maximum atomic E-state index is 13.2. The van der Waals surface area contributed by atoms with E-state index >= 15 is 0 Å². The molecular weight excluding hydrogens is 464 g/mol. The summed E-state index contributed by atoms with van der Waals surface area (Å²) in [6.45, 7) is -0.281. The Kier molecular flexibility index (Phi) is 5.90. The van der Waals surface area contributed by atoms with Crippen molar-refractivity contribution in [2.24, 2.45) is 5.92 Å². The molecule has 188 valence electrons. The number of hydrogen-bond acceptors (Lipinski definition) is 8. The molecule has 0 aromatic heterocycles. The predicted molar refractivity (Wildman–Crippen MR) is 129 cm³/mol. The van der Waals surface area contributed by atoms with Gasteiger partial charge in [-0.15, -0.1) is 0 Å². The first-order chi connectivity index (χ1) is 17.4. The summed E-state index contributed by atoms with van der Waals surface area (Å²) in [5.41, 5.74) is -1.85. The molecule has 0 amide bonds. The first kappa shape index (κ1) is 24.1. The van der Waals surface area contributed by atoms with E-state index in [9.17, 15) is 20.1 Å². The van der Waals surface area contributed by atoms with E-state index in [1.54, 1.807) is 43.5 Å². The van der Waals surface area contributed by atoms with Gasteiger partial charge in [0.05, 0.1) is 39.4 Å². The molecule has 8 nitrogen and oxygen atoms in total. The summed E-state index contributed by atoms with van der Waals surface area (Å²) in [4.78, 5) is 13.2. The Morgan fingerprint density at radius 2 is 1.69 bits per heavy atom. The number of carbonyl (C=O) groups is 1. The van der Waals surface area contributed by atoms with E-state index in [0.29, 0.717) is 22.4 Å². The van der Waals surface area contributed by atoms with Crippen LogP contribution in [0.2, 0.25) is 0 Å². The Labute approximate surface area is 208 Å². The van der Waals surface area contributed by atoms with E-state index in [1.807, 2.05) is 30.3 Å². The molecule has 1 aliphatic heterocycles. The minimum Gasteiger partial charge on any atom is -0.497 e. The van der Waals surface area contributed by atoms with Crippen molar-refractivity contribution in [2.75, 3.05) is 21.3 Å². The lowest BCUT2D eigenvalue weighted by Gasteiger charge is -2.40. The van der Waals surface area contributed by atoms with E-state index in [2.05, 4.69) is 0 Å². The third-order valence-electron chi connectivity index (χ3n) is 7.46. The van der Waals surface area contributed by atoms with E-state index < -0.39 is 35.1 Å². The number of benzene rings is 3. The molecule has 1 heterocycles. The fraction of sp³-hybridized carbons (Fsp3) is 0.321. The van der Waals surface area contributed by atoms with Crippen LogP contribution in [-0.4, -0.2) is 48.7 Å². The Hall–Kier alpha value is -3.59. The second-order valence-corrected chi connectivity index (χ2v) is 9.04. The van der Waals surface area contributed by atoms with E-state index in [-0.39, 0.29) is 23.7 Å². The van der Waals surface area contributed by atoms with E-state index in [0.717, 1.165) is 0 Å². The summed E-state index contributed by atoms with van der Waals surface area (Å²) >= 11 is 0. The minimum absolute atomic E-state index is 0.206. The van der Waals surface area contributed by atoms with Crippen LogP contribution >= 0.6 is 0 Å². The molecule has 3 aromatic carbocycles. The van der Waals surface area contributed by atoms with Crippen LogP contribution in [-0.2, 0) is 27.3 Å². The van der Waals surface area contributed by atoms with Crippen LogP contribution in [0.25, 0.3) is 0 Å². The summed E-state index contributed by atoms with van der Waals surface area (Å²) in [5, 5.41) is 34.3. The summed E-state index contributed by atoms with van der Waals surface area (Å²) in [6.07, 6.45) is -1.62.